The molecule has 148 valence electrons. The summed E-state index contributed by atoms with van der Waals surface area (Å²) in [5.41, 5.74) is 0.151. The third kappa shape index (κ3) is 4.65. The van der Waals surface area contributed by atoms with Gasteiger partial charge in [0, 0.05) is 29.5 Å². The van der Waals surface area contributed by atoms with E-state index >= 15 is 0 Å². The van der Waals surface area contributed by atoms with E-state index in [0.29, 0.717) is 25.5 Å². The third-order valence-corrected chi connectivity index (χ3v) is 5.01. The van der Waals surface area contributed by atoms with E-state index in [1.165, 1.54) is 0 Å². The van der Waals surface area contributed by atoms with Gasteiger partial charge < -0.3 is 14.5 Å². The molecule has 1 aromatic heterocycles. The van der Waals surface area contributed by atoms with Gasteiger partial charge in [0.1, 0.15) is 11.4 Å². The second-order valence-corrected chi connectivity index (χ2v) is 8.87. The molecule has 9 heteroatoms. The maximum Gasteiger partial charge on any atom is 0.410 e. The van der Waals surface area contributed by atoms with Gasteiger partial charge in [-0.2, -0.15) is 10.2 Å². The van der Waals surface area contributed by atoms with Crippen LogP contribution in [0, 0.1) is 11.3 Å². The molecule has 1 atom stereocenters. The zero-order valence-corrected chi connectivity index (χ0v) is 18.3. The lowest BCUT2D eigenvalue weighted by atomic mass is 10.1. The summed E-state index contributed by atoms with van der Waals surface area (Å²) in [5.74, 6) is 0.697. The lowest BCUT2D eigenvalue weighted by molar-refractivity contribution is 0.0145. The highest BCUT2D eigenvalue weighted by Gasteiger charge is 2.34. The summed E-state index contributed by atoms with van der Waals surface area (Å²) < 4.78 is 6.42. The summed E-state index contributed by atoms with van der Waals surface area (Å²) in [5, 5.41) is 10.3. The van der Waals surface area contributed by atoms with Gasteiger partial charge in [-0.05, 0) is 50.6 Å². The second-order valence-electron chi connectivity index (χ2n) is 7.61. The van der Waals surface area contributed by atoms with Crippen molar-refractivity contribution in [2.45, 2.75) is 38.8 Å². The van der Waals surface area contributed by atoms with Gasteiger partial charge in [0.05, 0.1) is 24.0 Å². The number of piperazine rings is 1. The van der Waals surface area contributed by atoms with Crippen molar-refractivity contribution in [3.05, 3.63) is 28.0 Å². The summed E-state index contributed by atoms with van der Waals surface area (Å²) in [4.78, 5) is 25.0. The highest BCUT2D eigenvalue weighted by molar-refractivity contribution is 9.10. The number of hydrogen-bond acceptors (Lipinski definition) is 6. The van der Waals surface area contributed by atoms with Crippen LogP contribution in [0.2, 0.25) is 5.28 Å². The predicted molar refractivity (Wildman–Crippen MR) is 111 cm³/mol. The highest BCUT2D eigenvalue weighted by atomic mass is 79.9. The van der Waals surface area contributed by atoms with Crippen LogP contribution in [0.3, 0.4) is 0 Å². The molecule has 1 aliphatic heterocycles. The van der Waals surface area contributed by atoms with Crippen LogP contribution in [-0.2, 0) is 4.74 Å². The normalized spacial score (nSPS) is 17.5. The summed E-state index contributed by atoms with van der Waals surface area (Å²) in [6.45, 7) is 6.92. The zero-order chi connectivity index (χ0) is 20.5. The fourth-order valence-electron chi connectivity index (χ4n) is 3.19. The van der Waals surface area contributed by atoms with Gasteiger partial charge in [-0.25, -0.2) is 9.78 Å². The van der Waals surface area contributed by atoms with Gasteiger partial charge in [-0.15, -0.1) is 0 Å². The minimum atomic E-state index is -0.589. The van der Waals surface area contributed by atoms with Crippen LogP contribution in [0.15, 0.2) is 22.7 Å². The molecule has 7 nitrogen and oxygen atoms in total. The molecule has 1 aliphatic rings. The second kappa shape index (κ2) is 8.10. The monoisotopic (exact) mass is 465 g/mol. The molecule has 0 N–H and O–H groups in total. The number of fused-ring (bicyclic) bond motifs is 1. The Kier molecular flexibility index (Phi) is 5.96. The number of nitrogens with zero attached hydrogens (tertiary/aromatic N) is 5. The van der Waals surface area contributed by atoms with Gasteiger partial charge in [0.2, 0.25) is 5.28 Å². The topological polar surface area (TPSA) is 82.3 Å². The van der Waals surface area contributed by atoms with Crippen LogP contribution in [0.4, 0.5) is 10.6 Å². The first kappa shape index (κ1) is 20.6. The Morgan fingerprint density at radius 1 is 1.39 bits per heavy atom. The Morgan fingerprint density at radius 3 is 2.82 bits per heavy atom. The number of rotatable bonds is 2. The summed E-state index contributed by atoms with van der Waals surface area (Å²) in [6.07, 6.45) is -0.198. The first-order valence-corrected chi connectivity index (χ1v) is 10.1. The number of anilines is 1. The molecule has 2 aromatic rings. The van der Waals surface area contributed by atoms with Crippen LogP contribution in [0.25, 0.3) is 10.9 Å². The van der Waals surface area contributed by atoms with Crippen molar-refractivity contribution in [2.24, 2.45) is 0 Å². The molecule has 28 heavy (non-hydrogen) atoms. The van der Waals surface area contributed by atoms with Gasteiger partial charge in [0.25, 0.3) is 0 Å². The summed E-state index contributed by atoms with van der Waals surface area (Å²) in [6, 6.07) is 7.59. The molecule has 0 spiro atoms. The summed E-state index contributed by atoms with van der Waals surface area (Å²) >= 11 is 9.62. The molecule has 0 saturated carbocycles. The van der Waals surface area contributed by atoms with Gasteiger partial charge in [-0.1, -0.05) is 15.9 Å². The van der Waals surface area contributed by atoms with Crippen molar-refractivity contribution >= 4 is 50.3 Å². The largest absolute Gasteiger partial charge is 0.444 e. The van der Waals surface area contributed by atoms with Crippen molar-refractivity contribution in [3.63, 3.8) is 0 Å². The Hall–Kier alpha value is -2.11. The Morgan fingerprint density at radius 2 is 2.14 bits per heavy atom. The minimum absolute atomic E-state index is 0.163. The van der Waals surface area contributed by atoms with Crippen LogP contribution in [0.5, 0.6) is 0 Å². The number of amides is 1. The number of aromatic nitrogens is 2. The van der Waals surface area contributed by atoms with Crippen molar-refractivity contribution < 1.29 is 9.53 Å². The van der Waals surface area contributed by atoms with Crippen molar-refractivity contribution in [3.8, 4) is 6.07 Å². The lowest BCUT2D eigenvalue weighted by Crippen LogP contribution is -2.56. The molecule has 0 unspecified atom stereocenters. The fourth-order valence-corrected chi connectivity index (χ4v) is 3.72. The van der Waals surface area contributed by atoms with E-state index in [0.717, 1.165) is 15.4 Å². The number of ether oxygens (including phenoxy) is 1. The Bertz CT molecular complexity index is 940. The number of nitriles is 1. The average molecular weight is 467 g/mol. The van der Waals surface area contributed by atoms with E-state index in [-0.39, 0.29) is 17.7 Å². The Balaban J connectivity index is 1.90. The predicted octanol–water partition coefficient (Wildman–Crippen LogP) is 4.39. The quantitative estimate of drug-likeness (QED) is 0.611. The van der Waals surface area contributed by atoms with E-state index in [9.17, 15) is 10.1 Å². The molecule has 1 amide bonds. The first-order valence-electron chi connectivity index (χ1n) is 8.92. The molecule has 2 heterocycles. The van der Waals surface area contributed by atoms with Crippen LogP contribution in [-0.4, -0.2) is 52.2 Å². The lowest BCUT2D eigenvalue weighted by Gasteiger charge is -2.41. The van der Waals surface area contributed by atoms with Gasteiger partial charge in [0.15, 0.2) is 0 Å². The molecule has 1 aromatic carbocycles. The van der Waals surface area contributed by atoms with Gasteiger partial charge in [-0.3, -0.25) is 0 Å². The van der Waals surface area contributed by atoms with Crippen molar-refractivity contribution in [1.82, 2.24) is 14.9 Å². The number of carbonyl (C=O) groups excluding carboxylic acids is 1. The molecular formula is C19H21BrClN5O2. The molecular weight excluding hydrogens is 446 g/mol. The SMILES string of the molecule is CC(C)(C)OC(=O)N1CCN(c2nc(Cl)nc3ccc(Br)cc23)C[C@@H]1CC#N. The van der Waals surface area contributed by atoms with Crippen LogP contribution >= 0.6 is 27.5 Å². The van der Waals surface area contributed by atoms with Crippen molar-refractivity contribution in [2.75, 3.05) is 24.5 Å². The van der Waals surface area contributed by atoms with Crippen LogP contribution in [0.1, 0.15) is 27.2 Å². The van der Waals surface area contributed by atoms with E-state index in [2.05, 4.69) is 32.0 Å². The molecule has 1 saturated heterocycles. The average Bonchev–Trinajstić information content (AvgIpc) is 2.60. The fraction of sp³-hybridized carbons (Fsp3) is 0.474. The summed E-state index contributed by atoms with van der Waals surface area (Å²) in [7, 11) is 0. The molecule has 3 rings (SSSR count). The van der Waals surface area contributed by atoms with E-state index in [1.807, 2.05) is 43.9 Å². The molecule has 0 radical (unpaired) electrons. The maximum absolute atomic E-state index is 12.6. The Labute approximate surface area is 177 Å². The number of benzene rings is 1. The smallest absolute Gasteiger partial charge is 0.410 e. The standard InChI is InChI=1S/C19H21BrClN5O2/c1-19(2,3)28-18(27)26-9-8-25(11-13(26)6-7-22)16-14-10-12(20)4-5-15(14)23-17(21)24-16/h4-5,10,13H,6,8-9,11H2,1-3H3/t13-/m0/s1. The zero-order valence-electron chi connectivity index (χ0n) is 15.9. The highest BCUT2D eigenvalue weighted by Crippen LogP contribution is 2.30. The van der Waals surface area contributed by atoms with Gasteiger partial charge >= 0.3 is 6.09 Å². The number of halogens is 2. The van der Waals surface area contributed by atoms with E-state index < -0.39 is 11.7 Å². The van der Waals surface area contributed by atoms with Crippen LogP contribution < -0.4 is 4.90 Å². The molecule has 0 bridgehead atoms. The third-order valence-electron chi connectivity index (χ3n) is 4.35. The van der Waals surface area contributed by atoms with E-state index in [4.69, 9.17) is 16.3 Å². The first-order chi connectivity index (χ1) is 13.2. The number of carbonyl (C=O) groups is 1. The van der Waals surface area contributed by atoms with Crippen molar-refractivity contribution in [1.29, 1.82) is 5.26 Å². The number of hydrogen-bond donors (Lipinski definition) is 0. The molecule has 1 fully saturated rings. The maximum atomic E-state index is 12.6. The molecule has 0 aliphatic carbocycles. The minimum Gasteiger partial charge on any atom is -0.444 e. The van der Waals surface area contributed by atoms with E-state index in [1.54, 1.807) is 4.90 Å².